The van der Waals surface area contributed by atoms with Crippen LogP contribution in [0.1, 0.15) is 5.69 Å². The average molecular weight is 341 g/mol. The first-order valence-corrected chi connectivity index (χ1v) is 7.32. The maximum absolute atomic E-state index is 12.7. The number of nitrogens with zero attached hydrogens (tertiary/aromatic N) is 5. The zero-order valence-electron chi connectivity index (χ0n) is 12.6. The van der Waals surface area contributed by atoms with E-state index >= 15 is 0 Å². The summed E-state index contributed by atoms with van der Waals surface area (Å²) in [5, 5.41) is 3.84. The van der Waals surface area contributed by atoms with Gasteiger partial charge in [-0.3, -0.25) is 4.98 Å². The molecule has 0 aliphatic rings. The summed E-state index contributed by atoms with van der Waals surface area (Å²) in [6.45, 7) is 0. The van der Waals surface area contributed by atoms with Crippen molar-refractivity contribution in [3.8, 4) is 22.5 Å². The number of imidazole rings is 1. The molecule has 3 heterocycles. The van der Waals surface area contributed by atoms with Crippen LogP contribution in [-0.2, 0) is 6.18 Å². The molecule has 0 aliphatic heterocycles. The Morgan fingerprint density at radius 3 is 2.48 bits per heavy atom. The zero-order valence-corrected chi connectivity index (χ0v) is 12.6. The summed E-state index contributed by atoms with van der Waals surface area (Å²) in [5.41, 5.74) is 1.91. The highest BCUT2D eigenvalue weighted by Crippen LogP contribution is 2.29. The summed E-state index contributed by atoms with van der Waals surface area (Å²) in [7, 11) is 0. The summed E-state index contributed by atoms with van der Waals surface area (Å²) in [5.74, 6) is -0.104. The van der Waals surface area contributed by atoms with Crippen molar-refractivity contribution in [3.05, 3.63) is 66.7 Å². The van der Waals surface area contributed by atoms with Gasteiger partial charge in [0.25, 0.3) is 5.78 Å². The molecule has 0 bridgehead atoms. The van der Waals surface area contributed by atoms with Gasteiger partial charge in [-0.05, 0) is 18.2 Å². The third kappa shape index (κ3) is 2.82. The quantitative estimate of drug-likeness (QED) is 0.555. The first-order chi connectivity index (χ1) is 12.0. The number of rotatable bonds is 2. The number of benzene rings is 1. The molecule has 8 heteroatoms. The predicted molar refractivity (Wildman–Crippen MR) is 84.5 cm³/mol. The molecule has 3 aromatic heterocycles. The fourth-order valence-corrected chi connectivity index (χ4v) is 2.48. The number of hydrogen-bond donors (Lipinski definition) is 0. The molecule has 5 nitrogen and oxygen atoms in total. The van der Waals surface area contributed by atoms with Crippen LogP contribution in [-0.4, -0.2) is 24.6 Å². The molecule has 4 rings (SSSR count). The minimum absolute atomic E-state index is 0.104. The first kappa shape index (κ1) is 15.3. The summed E-state index contributed by atoms with van der Waals surface area (Å²) >= 11 is 0. The van der Waals surface area contributed by atoms with E-state index in [2.05, 4.69) is 20.1 Å². The smallest absolute Gasteiger partial charge is 0.256 e. The molecule has 0 spiro atoms. The molecule has 0 aliphatic carbocycles. The van der Waals surface area contributed by atoms with Crippen LogP contribution in [0.3, 0.4) is 0 Å². The first-order valence-electron chi connectivity index (χ1n) is 7.32. The van der Waals surface area contributed by atoms with Crippen molar-refractivity contribution in [2.24, 2.45) is 0 Å². The maximum Gasteiger partial charge on any atom is 0.435 e. The van der Waals surface area contributed by atoms with Crippen molar-refractivity contribution < 1.29 is 13.2 Å². The fourth-order valence-electron chi connectivity index (χ4n) is 2.48. The Hall–Kier alpha value is -3.29. The molecule has 124 valence electrons. The fraction of sp³-hybridized carbons (Fsp3) is 0.0588. The van der Waals surface area contributed by atoms with E-state index in [1.807, 2.05) is 42.5 Å². The van der Waals surface area contributed by atoms with E-state index in [1.54, 1.807) is 6.20 Å². The van der Waals surface area contributed by atoms with E-state index in [9.17, 15) is 13.2 Å². The normalized spacial score (nSPS) is 11.8. The lowest BCUT2D eigenvalue weighted by Crippen LogP contribution is -2.11. The number of pyridine rings is 1. The van der Waals surface area contributed by atoms with Crippen LogP contribution in [0.5, 0.6) is 0 Å². The standard InChI is InChI=1S/C17H10F3N5/c18-17(19,20)15-10-23-25-14(9-22-16(25)24-15)12-5-3-4-11(8-12)13-6-1-2-7-21-13/h1-10H. The summed E-state index contributed by atoms with van der Waals surface area (Å²) in [6.07, 6.45) is -0.714. The Morgan fingerprint density at radius 2 is 1.72 bits per heavy atom. The van der Waals surface area contributed by atoms with E-state index < -0.39 is 11.9 Å². The second-order valence-electron chi connectivity index (χ2n) is 5.29. The number of fused-ring (bicyclic) bond motifs is 1. The molecule has 1 aromatic carbocycles. The molecule has 0 unspecified atom stereocenters. The summed E-state index contributed by atoms with van der Waals surface area (Å²) < 4.78 is 39.5. The average Bonchev–Trinajstić information content (AvgIpc) is 3.05. The van der Waals surface area contributed by atoms with E-state index in [0.29, 0.717) is 11.9 Å². The van der Waals surface area contributed by atoms with Crippen molar-refractivity contribution >= 4 is 5.78 Å². The van der Waals surface area contributed by atoms with Gasteiger partial charge >= 0.3 is 6.18 Å². The van der Waals surface area contributed by atoms with Gasteiger partial charge in [-0.2, -0.15) is 22.8 Å². The van der Waals surface area contributed by atoms with Gasteiger partial charge in [0.1, 0.15) is 0 Å². The van der Waals surface area contributed by atoms with Crippen LogP contribution in [0, 0.1) is 0 Å². The van der Waals surface area contributed by atoms with Crippen molar-refractivity contribution in [1.29, 1.82) is 0 Å². The Bertz CT molecular complexity index is 1040. The molecule has 0 N–H and O–H groups in total. The summed E-state index contributed by atoms with van der Waals surface area (Å²) in [4.78, 5) is 11.8. The number of alkyl halides is 3. The third-order valence-corrected chi connectivity index (χ3v) is 3.65. The highest BCUT2D eigenvalue weighted by Gasteiger charge is 2.33. The predicted octanol–water partition coefficient (Wildman–Crippen LogP) is 3.87. The van der Waals surface area contributed by atoms with Crippen LogP contribution in [0.15, 0.2) is 61.1 Å². The Morgan fingerprint density at radius 1 is 0.880 bits per heavy atom. The zero-order chi connectivity index (χ0) is 17.4. The number of aromatic nitrogens is 5. The largest absolute Gasteiger partial charge is 0.435 e. The van der Waals surface area contributed by atoms with Crippen molar-refractivity contribution in [1.82, 2.24) is 24.6 Å². The van der Waals surface area contributed by atoms with Gasteiger partial charge in [0.15, 0.2) is 5.69 Å². The molecule has 4 aromatic rings. The van der Waals surface area contributed by atoms with E-state index in [0.717, 1.165) is 16.8 Å². The van der Waals surface area contributed by atoms with Gasteiger partial charge in [-0.1, -0.05) is 24.3 Å². The monoisotopic (exact) mass is 341 g/mol. The van der Waals surface area contributed by atoms with Crippen molar-refractivity contribution in [3.63, 3.8) is 0 Å². The Kier molecular flexibility index (Phi) is 3.45. The third-order valence-electron chi connectivity index (χ3n) is 3.65. The summed E-state index contributed by atoms with van der Waals surface area (Å²) in [6, 6.07) is 13.0. The van der Waals surface area contributed by atoms with Crippen LogP contribution in [0.4, 0.5) is 13.2 Å². The van der Waals surface area contributed by atoms with Crippen LogP contribution >= 0.6 is 0 Å². The minimum Gasteiger partial charge on any atom is -0.256 e. The molecule has 25 heavy (non-hydrogen) atoms. The van der Waals surface area contributed by atoms with Crippen LogP contribution < -0.4 is 0 Å². The lowest BCUT2D eigenvalue weighted by atomic mass is 10.1. The second-order valence-corrected chi connectivity index (χ2v) is 5.29. The molecule has 0 saturated heterocycles. The van der Waals surface area contributed by atoms with Gasteiger partial charge in [0, 0.05) is 17.3 Å². The van der Waals surface area contributed by atoms with E-state index in [1.165, 1.54) is 10.7 Å². The molecule has 0 saturated carbocycles. The van der Waals surface area contributed by atoms with Crippen molar-refractivity contribution in [2.75, 3.05) is 0 Å². The molecule has 0 amide bonds. The lowest BCUT2D eigenvalue weighted by Gasteiger charge is -2.06. The molecule has 0 radical (unpaired) electrons. The van der Waals surface area contributed by atoms with Gasteiger partial charge in [0.2, 0.25) is 0 Å². The van der Waals surface area contributed by atoms with Gasteiger partial charge in [0.05, 0.1) is 23.8 Å². The Labute approximate surface area is 139 Å². The topological polar surface area (TPSA) is 56.0 Å². The number of hydrogen-bond acceptors (Lipinski definition) is 4. The highest BCUT2D eigenvalue weighted by molar-refractivity contribution is 5.70. The molecular weight excluding hydrogens is 331 g/mol. The van der Waals surface area contributed by atoms with Gasteiger partial charge in [-0.15, -0.1) is 0 Å². The maximum atomic E-state index is 12.7. The second kappa shape index (κ2) is 5.66. The van der Waals surface area contributed by atoms with Crippen molar-refractivity contribution in [2.45, 2.75) is 6.18 Å². The van der Waals surface area contributed by atoms with Gasteiger partial charge in [-0.25, -0.2) is 9.97 Å². The van der Waals surface area contributed by atoms with Crippen LogP contribution in [0.2, 0.25) is 0 Å². The molecular formula is C17H10F3N5. The SMILES string of the molecule is FC(F)(F)c1cnn2c(-c3cccc(-c4ccccn4)c3)cnc2n1. The lowest BCUT2D eigenvalue weighted by molar-refractivity contribution is -0.141. The highest BCUT2D eigenvalue weighted by atomic mass is 19.4. The molecule has 0 atom stereocenters. The Balaban J connectivity index is 1.80. The van der Waals surface area contributed by atoms with E-state index in [-0.39, 0.29) is 5.78 Å². The van der Waals surface area contributed by atoms with Gasteiger partial charge < -0.3 is 0 Å². The van der Waals surface area contributed by atoms with E-state index in [4.69, 9.17) is 0 Å². The van der Waals surface area contributed by atoms with Crippen LogP contribution in [0.25, 0.3) is 28.3 Å². The number of halogens is 3. The molecule has 0 fully saturated rings. The minimum atomic E-state index is -4.56.